The smallest absolute Gasteiger partial charge is 0.316 e. The average molecular weight is 350 g/mol. The van der Waals surface area contributed by atoms with E-state index in [1.165, 1.54) is 17.0 Å². The molecule has 0 saturated carbocycles. The van der Waals surface area contributed by atoms with E-state index in [2.05, 4.69) is 25.1 Å². The van der Waals surface area contributed by atoms with Crippen LogP contribution >= 0.6 is 0 Å². The van der Waals surface area contributed by atoms with Crippen molar-refractivity contribution in [2.75, 3.05) is 0 Å². The highest BCUT2D eigenvalue weighted by Gasteiger charge is 2.14. The Morgan fingerprint density at radius 1 is 1.23 bits per heavy atom. The molecular formula is C17H14N6O3. The van der Waals surface area contributed by atoms with Gasteiger partial charge in [0.05, 0.1) is 17.2 Å². The molecule has 26 heavy (non-hydrogen) atoms. The van der Waals surface area contributed by atoms with Gasteiger partial charge in [-0.15, -0.1) is 0 Å². The van der Waals surface area contributed by atoms with Crippen molar-refractivity contribution in [3.8, 4) is 23.0 Å². The lowest BCUT2D eigenvalue weighted by atomic mass is 10.1. The van der Waals surface area contributed by atoms with E-state index in [1.807, 2.05) is 6.92 Å². The Labute approximate surface area is 146 Å². The molecule has 1 N–H and O–H groups in total. The summed E-state index contributed by atoms with van der Waals surface area (Å²) in [7, 11) is 0. The first-order valence-electron chi connectivity index (χ1n) is 8.04. The van der Waals surface area contributed by atoms with Crippen molar-refractivity contribution in [2.24, 2.45) is 0 Å². The van der Waals surface area contributed by atoms with Crippen LogP contribution in [-0.4, -0.2) is 29.7 Å². The van der Waals surface area contributed by atoms with Crippen LogP contribution in [0.4, 0.5) is 0 Å². The molecule has 1 aromatic carbocycles. The third kappa shape index (κ3) is 2.69. The van der Waals surface area contributed by atoms with E-state index in [9.17, 15) is 9.59 Å². The fourth-order valence-electron chi connectivity index (χ4n) is 2.72. The maximum absolute atomic E-state index is 12.1. The molecule has 0 fully saturated rings. The van der Waals surface area contributed by atoms with Crippen LogP contribution in [0.25, 0.3) is 34.0 Å². The summed E-state index contributed by atoms with van der Waals surface area (Å²) in [5.41, 5.74) is 1.09. The Kier molecular flexibility index (Phi) is 3.88. The molecule has 0 radical (unpaired) electrons. The topological polar surface area (TPSA) is 120 Å². The number of H-pyrrole nitrogens is 1. The van der Waals surface area contributed by atoms with Gasteiger partial charge in [-0.2, -0.15) is 4.98 Å². The first-order chi connectivity index (χ1) is 12.7. The number of rotatable bonds is 4. The summed E-state index contributed by atoms with van der Waals surface area (Å²) >= 11 is 0. The monoisotopic (exact) mass is 350 g/mol. The zero-order valence-electron chi connectivity index (χ0n) is 13.8. The summed E-state index contributed by atoms with van der Waals surface area (Å²) in [6.07, 6.45) is 5.36. The molecule has 0 saturated heterocycles. The predicted molar refractivity (Wildman–Crippen MR) is 93.4 cm³/mol. The van der Waals surface area contributed by atoms with Gasteiger partial charge < -0.3 is 14.1 Å². The van der Waals surface area contributed by atoms with Crippen molar-refractivity contribution in [2.45, 2.75) is 19.9 Å². The van der Waals surface area contributed by atoms with E-state index < -0.39 is 11.1 Å². The van der Waals surface area contributed by atoms with Crippen molar-refractivity contribution < 1.29 is 4.52 Å². The van der Waals surface area contributed by atoms with Crippen molar-refractivity contribution in [3.05, 3.63) is 57.5 Å². The minimum atomic E-state index is -0.656. The number of nitrogens with one attached hydrogen (secondary N) is 1. The lowest BCUT2D eigenvalue weighted by Gasteiger charge is -2.08. The standard InChI is InChI=1S/C17H14N6O3/c1-2-7-23-13-4-3-10(8-11(13)20-15(24)17(23)25)14-21-16(26-22-14)12-9-18-5-6-19-12/h3-6,8-9H,2,7H2,1H3,(H,20,24). The van der Waals surface area contributed by atoms with Crippen LogP contribution in [0, 0.1) is 0 Å². The molecule has 0 unspecified atom stereocenters. The Bertz CT molecular complexity index is 1190. The van der Waals surface area contributed by atoms with Crippen LogP contribution < -0.4 is 11.1 Å². The fourth-order valence-corrected chi connectivity index (χ4v) is 2.72. The molecule has 3 heterocycles. The number of hydrogen-bond acceptors (Lipinski definition) is 7. The van der Waals surface area contributed by atoms with Crippen molar-refractivity contribution >= 4 is 11.0 Å². The number of nitrogens with zero attached hydrogens (tertiary/aromatic N) is 5. The molecule has 9 nitrogen and oxygen atoms in total. The molecule has 0 aliphatic carbocycles. The van der Waals surface area contributed by atoms with Crippen molar-refractivity contribution in [1.29, 1.82) is 0 Å². The maximum Gasteiger partial charge on any atom is 0.316 e. The van der Waals surface area contributed by atoms with Gasteiger partial charge in [0.2, 0.25) is 5.82 Å². The van der Waals surface area contributed by atoms with Gasteiger partial charge in [0.25, 0.3) is 5.89 Å². The molecule has 0 atom stereocenters. The normalized spacial score (nSPS) is 11.1. The van der Waals surface area contributed by atoms with E-state index >= 15 is 0 Å². The third-order valence-corrected chi connectivity index (χ3v) is 3.89. The van der Waals surface area contributed by atoms with Gasteiger partial charge in [0.1, 0.15) is 5.69 Å². The summed E-state index contributed by atoms with van der Waals surface area (Å²) in [5, 5.41) is 3.95. The lowest BCUT2D eigenvalue weighted by Crippen LogP contribution is -2.36. The molecule has 0 aliphatic heterocycles. The van der Waals surface area contributed by atoms with Crippen LogP contribution in [-0.2, 0) is 6.54 Å². The lowest BCUT2D eigenvalue weighted by molar-refractivity contribution is 0.431. The Morgan fingerprint density at radius 2 is 2.12 bits per heavy atom. The molecule has 0 bridgehead atoms. The molecule has 0 amide bonds. The third-order valence-electron chi connectivity index (χ3n) is 3.89. The van der Waals surface area contributed by atoms with Gasteiger partial charge in [-0.1, -0.05) is 12.1 Å². The fraction of sp³-hybridized carbons (Fsp3) is 0.176. The zero-order valence-corrected chi connectivity index (χ0v) is 13.8. The number of aromatic nitrogens is 6. The van der Waals surface area contributed by atoms with Crippen LogP contribution in [0.3, 0.4) is 0 Å². The Hall–Kier alpha value is -3.62. The molecule has 130 valence electrons. The van der Waals surface area contributed by atoms with Gasteiger partial charge in [0, 0.05) is 24.5 Å². The molecule has 4 aromatic rings. The first-order valence-corrected chi connectivity index (χ1v) is 8.04. The second kappa shape index (κ2) is 6.36. The highest BCUT2D eigenvalue weighted by Crippen LogP contribution is 2.23. The summed E-state index contributed by atoms with van der Waals surface area (Å²) in [6, 6.07) is 5.25. The van der Waals surface area contributed by atoms with Gasteiger partial charge >= 0.3 is 11.1 Å². The summed E-state index contributed by atoms with van der Waals surface area (Å²) < 4.78 is 6.70. The molecule has 3 aromatic heterocycles. The molecule has 0 spiro atoms. The maximum atomic E-state index is 12.1. The largest absolute Gasteiger partial charge is 0.332 e. The second-order valence-corrected chi connectivity index (χ2v) is 5.66. The van der Waals surface area contributed by atoms with E-state index in [4.69, 9.17) is 4.52 Å². The zero-order chi connectivity index (χ0) is 18.1. The summed E-state index contributed by atoms with van der Waals surface area (Å²) in [6.45, 7) is 2.42. The highest BCUT2D eigenvalue weighted by atomic mass is 16.5. The SMILES string of the molecule is CCCn1c(=O)c(=O)[nH]c2cc(-c3noc(-c4cnccn4)n3)ccc21. The quantitative estimate of drug-likeness (QED) is 0.555. The summed E-state index contributed by atoms with van der Waals surface area (Å²) in [5.74, 6) is 0.597. The van der Waals surface area contributed by atoms with Gasteiger partial charge in [-0.25, -0.2) is 4.98 Å². The van der Waals surface area contributed by atoms with Crippen LogP contribution in [0.1, 0.15) is 13.3 Å². The van der Waals surface area contributed by atoms with Gasteiger partial charge in [0.15, 0.2) is 0 Å². The number of fused-ring (bicyclic) bond motifs is 1. The minimum Gasteiger partial charge on any atom is -0.332 e. The number of hydrogen-bond donors (Lipinski definition) is 1. The Morgan fingerprint density at radius 3 is 2.88 bits per heavy atom. The van der Waals surface area contributed by atoms with E-state index in [0.717, 1.165) is 6.42 Å². The molecule has 4 rings (SSSR count). The number of aromatic amines is 1. The summed E-state index contributed by atoms with van der Waals surface area (Å²) in [4.78, 5) is 39.0. The Balaban J connectivity index is 1.81. The number of aryl methyl sites for hydroxylation is 1. The molecular weight excluding hydrogens is 336 g/mol. The van der Waals surface area contributed by atoms with Gasteiger partial charge in [-0.05, 0) is 24.6 Å². The van der Waals surface area contributed by atoms with Crippen LogP contribution in [0.2, 0.25) is 0 Å². The second-order valence-electron chi connectivity index (χ2n) is 5.66. The molecule has 9 heteroatoms. The van der Waals surface area contributed by atoms with Crippen molar-refractivity contribution in [1.82, 2.24) is 29.7 Å². The van der Waals surface area contributed by atoms with E-state index in [0.29, 0.717) is 34.7 Å². The predicted octanol–water partition coefficient (Wildman–Crippen LogP) is 1.61. The van der Waals surface area contributed by atoms with Crippen LogP contribution in [0.15, 0.2) is 50.9 Å². The van der Waals surface area contributed by atoms with E-state index in [1.54, 1.807) is 24.4 Å². The van der Waals surface area contributed by atoms with Gasteiger partial charge in [-0.3, -0.25) is 14.6 Å². The highest BCUT2D eigenvalue weighted by molar-refractivity contribution is 5.80. The number of benzene rings is 1. The van der Waals surface area contributed by atoms with Crippen molar-refractivity contribution in [3.63, 3.8) is 0 Å². The molecule has 0 aliphatic rings. The van der Waals surface area contributed by atoms with E-state index in [-0.39, 0.29) is 5.89 Å². The minimum absolute atomic E-state index is 0.248. The average Bonchev–Trinajstić information content (AvgIpc) is 3.16. The first kappa shape index (κ1) is 15.9. The van der Waals surface area contributed by atoms with Crippen LogP contribution in [0.5, 0.6) is 0 Å².